The predicted molar refractivity (Wildman–Crippen MR) is 183 cm³/mol. The monoisotopic (exact) mass is 694 g/mol. The maximum atomic E-state index is 17.3. The van der Waals surface area contributed by atoms with E-state index in [4.69, 9.17) is 41.5 Å². The molecular weight excluding hydrogens is 658 g/mol. The number of fused-ring (bicyclic) bond motifs is 4. The number of anilines is 2. The summed E-state index contributed by atoms with van der Waals surface area (Å²) >= 11 is 8.03. The first-order valence-corrected chi connectivity index (χ1v) is 17.8. The van der Waals surface area contributed by atoms with Crippen LogP contribution in [-0.4, -0.2) is 72.0 Å². The number of thiophene rings is 1. The van der Waals surface area contributed by atoms with Crippen LogP contribution in [0.2, 0.25) is 5.02 Å². The maximum absolute atomic E-state index is 17.3. The third kappa shape index (κ3) is 4.88. The number of nitrogen functional groups attached to an aromatic ring is 1. The fraction of sp³-hybridized carbons (Fsp3) is 0.514. The molecule has 4 atom stereocenters. The second-order valence-electron chi connectivity index (χ2n) is 14.1. The number of nitrogens with zero attached hydrogens (tertiary/aromatic N) is 5. The highest BCUT2D eigenvalue weighted by Crippen LogP contribution is 2.51. The van der Waals surface area contributed by atoms with Crippen LogP contribution in [-0.2, 0) is 4.74 Å². The Balaban J connectivity index is 1.33. The van der Waals surface area contributed by atoms with Crippen molar-refractivity contribution in [2.75, 3.05) is 50.1 Å². The highest BCUT2D eigenvalue weighted by Gasteiger charge is 2.48. The Hall–Kier alpha value is -3.50. The minimum absolute atomic E-state index is 0.0147. The van der Waals surface area contributed by atoms with E-state index in [0.717, 1.165) is 50.1 Å². The van der Waals surface area contributed by atoms with Crippen LogP contribution in [0.4, 0.5) is 19.6 Å². The Kier molecular flexibility index (Phi) is 7.82. The largest absolute Gasteiger partial charge is 0.489 e. The molecule has 4 aliphatic heterocycles. The van der Waals surface area contributed by atoms with Crippen LogP contribution in [0, 0.1) is 34.8 Å². The molecule has 2 aromatic heterocycles. The summed E-state index contributed by atoms with van der Waals surface area (Å²) in [6.45, 7) is 10.2. The molecule has 0 radical (unpaired) electrons. The number of benzene rings is 2. The molecule has 48 heavy (non-hydrogen) atoms. The standard InChI is InChI=1S/C35H37ClF2N6O3S/c1-17(2)23-7-10-44-19(14-45-23)15-46-30-26-29(41-34(42-33(26)44)47-16-35-8-4-9-43(35)13-18(3)11-35)28(38)25(27(30)36)20-5-6-22(37)31-24(20)21(12-39)32(40)48-31/h5-6,17-19,23H,4,7-11,13-16,40H2,1-3H3/t18-,19?,23?,35+/m1/s1. The van der Waals surface area contributed by atoms with Gasteiger partial charge in [0.2, 0.25) is 0 Å². The van der Waals surface area contributed by atoms with Crippen molar-refractivity contribution in [2.45, 2.75) is 64.1 Å². The first kappa shape index (κ1) is 31.7. The molecule has 0 spiro atoms. The molecule has 3 fully saturated rings. The highest BCUT2D eigenvalue weighted by atomic mass is 35.5. The van der Waals surface area contributed by atoms with Gasteiger partial charge in [-0.15, -0.1) is 11.3 Å². The van der Waals surface area contributed by atoms with E-state index >= 15 is 8.78 Å². The zero-order chi connectivity index (χ0) is 33.5. The molecule has 13 heteroatoms. The molecule has 2 aromatic carbocycles. The summed E-state index contributed by atoms with van der Waals surface area (Å²) < 4.78 is 51.6. The Bertz CT molecular complexity index is 2000. The van der Waals surface area contributed by atoms with Crippen molar-refractivity contribution in [3.05, 3.63) is 34.4 Å². The maximum Gasteiger partial charge on any atom is 0.319 e. The summed E-state index contributed by atoms with van der Waals surface area (Å²) in [5, 5.41) is 10.6. The number of nitrogens with two attached hydrogens (primary N) is 1. The molecule has 4 aromatic rings. The number of ether oxygens (including phenoxy) is 3. The van der Waals surface area contributed by atoms with Crippen LogP contribution in [0.1, 0.15) is 52.0 Å². The number of rotatable bonds is 5. The van der Waals surface area contributed by atoms with Crippen molar-refractivity contribution in [2.24, 2.45) is 11.8 Å². The van der Waals surface area contributed by atoms with Gasteiger partial charge in [0.05, 0.1) is 45.0 Å². The van der Waals surface area contributed by atoms with E-state index in [1.165, 1.54) is 12.1 Å². The second-order valence-corrected chi connectivity index (χ2v) is 15.5. The van der Waals surface area contributed by atoms with E-state index in [1.54, 1.807) is 0 Å². The third-order valence-corrected chi connectivity index (χ3v) is 12.0. The SMILES string of the molecule is CC(C)C1CCN2c3nc(OC[C@@]45CCCN4C[C@H](C)C5)nc4c(F)c(-c5ccc(F)c6sc(N)c(C#N)c56)c(Cl)c(c34)OCC2CO1. The van der Waals surface area contributed by atoms with Gasteiger partial charge in [0.15, 0.2) is 11.6 Å². The van der Waals surface area contributed by atoms with Crippen LogP contribution in [0.25, 0.3) is 32.1 Å². The molecule has 0 saturated carbocycles. The van der Waals surface area contributed by atoms with Gasteiger partial charge in [0.1, 0.15) is 41.4 Å². The van der Waals surface area contributed by atoms with Crippen LogP contribution >= 0.6 is 22.9 Å². The van der Waals surface area contributed by atoms with Gasteiger partial charge < -0.3 is 24.8 Å². The smallest absolute Gasteiger partial charge is 0.319 e. The van der Waals surface area contributed by atoms with Crippen LogP contribution in [0.3, 0.4) is 0 Å². The average Bonchev–Trinajstić information content (AvgIpc) is 3.59. The van der Waals surface area contributed by atoms with E-state index in [9.17, 15) is 5.26 Å². The molecule has 0 aliphatic carbocycles. The summed E-state index contributed by atoms with van der Waals surface area (Å²) in [4.78, 5) is 14.3. The van der Waals surface area contributed by atoms with Crippen molar-refractivity contribution < 1.29 is 23.0 Å². The second kappa shape index (κ2) is 11.8. The fourth-order valence-electron chi connectivity index (χ4n) is 8.39. The van der Waals surface area contributed by atoms with Gasteiger partial charge in [0.25, 0.3) is 0 Å². The van der Waals surface area contributed by atoms with Crippen molar-refractivity contribution in [1.29, 1.82) is 5.26 Å². The van der Waals surface area contributed by atoms with E-state index in [-0.39, 0.29) is 78.4 Å². The molecule has 0 bridgehead atoms. The van der Waals surface area contributed by atoms with Gasteiger partial charge in [-0.2, -0.15) is 15.2 Å². The lowest BCUT2D eigenvalue weighted by Gasteiger charge is -2.32. The molecule has 4 aliphatic rings. The Morgan fingerprint density at radius 1 is 1.23 bits per heavy atom. The summed E-state index contributed by atoms with van der Waals surface area (Å²) in [7, 11) is 0. The van der Waals surface area contributed by atoms with Crippen molar-refractivity contribution in [3.8, 4) is 29.0 Å². The number of aromatic nitrogens is 2. The molecule has 9 nitrogen and oxygen atoms in total. The van der Waals surface area contributed by atoms with Crippen molar-refractivity contribution >= 4 is 54.7 Å². The van der Waals surface area contributed by atoms with Crippen LogP contribution in [0.5, 0.6) is 11.8 Å². The number of nitriles is 1. The van der Waals surface area contributed by atoms with E-state index in [2.05, 4.69) is 36.6 Å². The number of hydrogen-bond donors (Lipinski definition) is 1. The third-order valence-electron chi connectivity index (χ3n) is 10.6. The van der Waals surface area contributed by atoms with E-state index in [1.807, 2.05) is 0 Å². The zero-order valence-electron chi connectivity index (χ0n) is 27.1. The van der Waals surface area contributed by atoms with Gasteiger partial charge in [-0.1, -0.05) is 38.4 Å². The minimum atomic E-state index is -0.739. The van der Waals surface area contributed by atoms with Crippen molar-refractivity contribution in [3.63, 3.8) is 0 Å². The number of hydrogen-bond acceptors (Lipinski definition) is 10. The summed E-state index contributed by atoms with van der Waals surface area (Å²) in [5.74, 6) is 0.282. The van der Waals surface area contributed by atoms with Crippen LogP contribution < -0.4 is 20.1 Å². The molecule has 2 unspecified atom stereocenters. The lowest BCUT2D eigenvalue weighted by molar-refractivity contribution is 0.0185. The van der Waals surface area contributed by atoms with Crippen molar-refractivity contribution in [1.82, 2.24) is 14.9 Å². The first-order chi connectivity index (χ1) is 23.1. The summed E-state index contributed by atoms with van der Waals surface area (Å²) in [6, 6.07) is 4.57. The van der Waals surface area contributed by atoms with Gasteiger partial charge in [0, 0.05) is 24.0 Å². The normalized spacial score (nSPS) is 25.5. The predicted octanol–water partition coefficient (Wildman–Crippen LogP) is 7.16. The molecule has 3 saturated heterocycles. The van der Waals surface area contributed by atoms with Gasteiger partial charge >= 0.3 is 6.01 Å². The molecule has 2 N–H and O–H groups in total. The van der Waals surface area contributed by atoms with Gasteiger partial charge in [-0.3, -0.25) is 4.90 Å². The van der Waals surface area contributed by atoms with Crippen LogP contribution in [0.15, 0.2) is 12.1 Å². The Labute approximate surface area is 286 Å². The molecule has 0 amide bonds. The Morgan fingerprint density at radius 3 is 2.85 bits per heavy atom. The zero-order valence-corrected chi connectivity index (χ0v) is 28.7. The topological polar surface area (TPSA) is 110 Å². The molecule has 8 rings (SSSR count). The quantitative estimate of drug-likeness (QED) is 0.233. The van der Waals surface area contributed by atoms with E-state index in [0.29, 0.717) is 42.8 Å². The minimum Gasteiger partial charge on any atom is -0.489 e. The average molecular weight is 695 g/mol. The molecule has 252 valence electrons. The summed E-state index contributed by atoms with van der Waals surface area (Å²) in [5.41, 5.74) is 6.26. The Morgan fingerprint density at radius 2 is 2.06 bits per heavy atom. The first-order valence-electron chi connectivity index (χ1n) is 16.6. The molecular formula is C35H37ClF2N6O3S. The number of halogens is 3. The van der Waals surface area contributed by atoms with E-state index < -0.39 is 11.6 Å². The molecule has 6 heterocycles. The van der Waals surface area contributed by atoms with Gasteiger partial charge in [-0.05, 0) is 55.7 Å². The summed E-state index contributed by atoms with van der Waals surface area (Å²) in [6.07, 6.45) is 3.95. The lowest BCUT2D eigenvalue weighted by atomic mass is 9.92. The fourth-order valence-corrected chi connectivity index (χ4v) is 9.67. The van der Waals surface area contributed by atoms with Gasteiger partial charge in [-0.25, -0.2) is 8.78 Å². The lowest BCUT2D eigenvalue weighted by Crippen LogP contribution is -2.43. The highest BCUT2D eigenvalue weighted by molar-refractivity contribution is 7.23.